The van der Waals surface area contributed by atoms with E-state index in [4.69, 9.17) is 4.74 Å². The Morgan fingerprint density at radius 2 is 1.94 bits per heavy atom. The predicted octanol–water partition coefficient (Wildman–Crippen LogP) is 3.40. The van der Waals surface area contributed by atoms with Crippen LogP contribution < -0.4 is 4.90 Å². The highest BCUT2D eigenvalue weighted by molar-refractivity contribution is 7.09. The Labute approximate surface area is 197 Å². The molecule has 33 heavy (non-hydrogen) atoms. The molecule has 1 atom stereocenters. The van der Waals surface area contributed by atoms with Crippen molar-refractivity contribution in [1.82, 2.24) is 9.80 Å². The fourth-order valence-corrected chi connectivity index (χ4v) is 5.89. The molecule has 0 bridgehead atoms. The highest BCUT2D eigenvalue weighted by atomic mass is 32.1. The third-order valence-corrected chi connectivity index (χ3v) is 7.78. The molecule has 2 fully saturated rings. The third kappa shape index (κ3) is 4.29. The largest absolute Gasteiger partial charge is 0.376 e. The Hall–Kier alpha value is -2.71. The Kier molecular flexibility index (Phi) is 6.21. The van der Waals surface area contributed by atoms with Gasteiger partial charge in [-0.25, -0.2) is 0 Å². The van der Waals surface area contributed by atoms with Gasteiger partial charge in [0.1, 0.15) is 0 Å². The van der Waals surface area contributed by atoms with E-state index >= 15 is 0 Å². The summed E-state index contributed by atoms with van der Waals surface area (Å²) < 4.78 is 5.65. The van der Waals surface area contributed by atoms with Crippen LogP contribution in [-0.4, -0.2) is 66.9 Å². The van der Waals surface area contributed by atoms with Crippen molar-refractivity contribution in [1.29, 1.82) is 0 Å². The molecule has 5 rings (SSSR count). The van der Waals surface area contributed by atoms with Crippen molar-refractivity contribution in [2.75, 3.05) is 38.2 Å². The molecule has 174 valence electrons. The Balaban J connectivity index is 1.25. The number of carbonyl (C=O) groups is 3. The SMILES string of the molecule is CN(Cc1cccs1)C(=O)C1CCN(c2cccc3c2C(=O)N(CC2CCCO2)C3=O)CC1. The van der Waals surface area contributed by atoms with Crippen molar-refractivity contribution < 1.29 is 19.1 Å². The first-order valence-electron chi connectivity index (χ1n) is 11.7. The van der Waals surface area contributed by atoms with Gasteiger partial charge in [-0.2, -0.15) is 0 Å². The molecular weight excluding hydrogens is 438 g/mol. The van der Waals surface area contributed by atoms with E-state index in [1.807, 2.05) is 41.6 Å². The molecule has 3 amide bonds. The number of amides is 3. The van der Waals surface area contributed by atoms with Crippen molar-refractivity contribution >= 4 is 34.7 Å². The van der Waals surface area contributed by atoms with Crippen molar-refractivity contribution in [2.24, 2.45) is 5.92 Å². The monoisotopic (exact) mass is 467 g/mol. The zero-order valence-electron chi connectivity index (χ0n) is 18.9. The number of benzene rings is 1. The van der Waals surface area contributed by atoms with Crippen LogP contribution in [0.4, 0.5) is 5.69 Å². The Bertz CT molecular complexity index is 1040. The summed E-state index contributed by atoms with van der Waals surface area (Å²) in [6, 6.07) is 9.56. The molecule has 0 aliphatic carbocycles. The third-order valence-electron chi connectivity index (χ3n) is 6.92. The molecule has 0 spiro atoms. The summed E-state index contributed by atoms with van der Waals surface area (Å²) in [6.07, 6.45) is 3.25. The highest BCUT2D eigenvalue weighted by Gasteiger charge is 2.40. The van der Waals surface area contributed by atoms with Crippen LogP contribution >= 0.6 is 11.3 Å². The second-order valence-corrected chi connectivity index (χ2v) is 10.1. The number of piperidine rings is 1. The molecule has 2 saturated heterocycles. The maximum Gasteiger partial charge on any atom is 0.263 e. The van der Waals surface area contributed by atoms with Crippen molar-refractivity contribution in [2.45, 2.75) is 38.3 Å². The lowest BCUT2D eigenvalue weighted by Crippen LogP contribution is -2.41. The van der Waals surface area contributed by atoms with E-state index in [1.165, 1.54) is 9.78 Å². The van der Waals surface area contributed by atoms with Gasteiger partial charge in [0.25, 0.3) is 11.8 Å². The molecule has 1 aromatic carbocycles. The number of hydrogen-bond donors (Lipinski definition) is 0. The summed E-state index contributed by atoms with van der Waals surface area (Å²) in [5.74, 6) is -0.297. The number of imide groups is 1. The molecule has 0 radical (unpaired) electrons. The van der Waals surface area contributed by atoms with Gasteiger partial charge in [0, 0.05) is 37.5 Å². The van der Waals surface area contributed by atoms with Crippen molar-refractivity contribution in [3.63, 3.8) is 0 Å². The van der Waals surface area contributed by atoms with E-state index in [1.54, 1.807) is 17.4 Å². The second kappa shape index (κ2) is 9.27. The zero-order chi connectivity index (χ0) is 22.9. The number of thiophene rings is 1. The van der Waals surface area contributed by atoms with Gasteiger partial charge in [0.15, 0.2) is 0 Å². The van der Waals surface area contributed by atoms with Crippen LogP contribution in [0.2, 0.25) is 0 Å². The van der Waals surface area contributed by atoms with Gasteiger partial charge in [-0.1, -0.05) is 12.1 Å². The first-order valence-corrected chi connectivity index (χ1v) is 12.5. The molecule has 3 aliphatic rings. The summed E-state index contributed by atoms with van der Waals surface area (Å²) >= 11 is 1.66. The standard InChI is InChI=1S/C25H29N3O4S/c1-26(16-19-6-4-14-33-19)23(29)17-9-11-27(12-10-17)21-8-2-7-20-22(21)25(31)28(24(20)30)15-18-5-3-13-32-18/h2,4,6-8,14,17-18H,3,5,9-13,15-16H2,1H3. The van der Waals surface area contributed by atoms with Gasteiger partial charge in [-0.3, -0.25) is 19.3 Å². The van der Waals surface area contributed by atoms with E-state index in [2.05, 4.69) is 4.90 Å². The van der Waals surface area contributed by atoms with Crippen LogP contribution in [0.15, 0.2) is 35.7 Å². The summed E-state index contributed by atoms with van der Waals surface area (Å²) in [5.41, 5.74) is 1.78. The first-order chi connectivity index (χ1) is 16.0. The van der Waals surface area contributed by atoms with Crippen LogP contribution in [-0.2, 0) is 16.1 Å². The lowest BCUT2D eigenvalue weighted by molar-refractivity contribution is -0.135. The molecule has 1 aromatic heterocycles. The minimum atomic E-state index is -0.229. The number of rotatable bonds is 6. The smallest absolute Gasteiger partial charge is 0.263 e. The normalized spacial score (nSPS) is 21.1. The Morgan fingerprint density at radius 1 is 1.12 bits per heavy atom. The van der Waals surface area contributed by atoms with Crippen LogP contribution in [0.3, 0.4) is 0 Å². The quantitative estimate of drug-likeness (QED) is 0.609. The molecule has 3 aliphatic heterocycles. The lowest BCUT2D eigenvalue weighted by atomic mass is 9.94. The van der Waals surface area contributed by atoms with Gasteiger partial charge in [0.05, 0.1) is 36.0 Å². The topological polar surface area (TPSA) is 70.2 Å². The van der Waals surface area contributed by atoms with E-state index < -0.39 is 0 Å². The fraction of sp³-hybridized carbons (Fsp3) is 0.480. The summed E-state index contributed by atoms with van der Waals surface area (Å²) in [4.78, 5) is 45.6. The number of hydrogen-bond acceptors (Lipinski definition) is 6. The molecule has 4 heterocycles. The van der Waals surface area contributed by atoms with Crippen LogP contribution in [0.5, 0.6) is 0 Å². The first kappa shape index (κ1) is 22.1. The summed E-state index contributed by atoms with van der Waals surface area (Å²) in [6.45, 7) is 3.02. The number of anilines is 1. The maximum absolute atomic E-state index is 13.2. The minimum absolute atomic E-state index is 0.0173. The lowest BCUT2D eigenvalue weighted by Gasteiger charge is -2.35. The second-order valence-electron chi connectivity index (χ2n) is 9.09. The zero-order valence-corrected chi connectivity index (χ0v) is 19.7. The molecule has 2 aromatic rings. The van der Waals surface area contributed by atoms with Gasteiger partial charge in [0.2, 0.25) is 5.91 Å². The molecule has 7 nitrogen and oxygen atoms in total. The van der Waals surface area contributed by atoms with Crippen molar-refractivity contribution in [3.8, 4) is 0 Å². The van der Waals surface area contributed by atoms with E-state index in [0.717, 1.165) is 31.4 Å². The highest BCUT2D eigenvalue weighted by Crippen LogP contribution is 2.35. The van der Waals surface area contributed by atoms with Crippen molar-refractivity contribution in [3.05, 3.63) is 51.7 Å². The van der Waals surface area contributed by atoms with E-state index in [0.29, 0.717) is 43.9 Å². The summed E-state index contributed by atoms with van der Waals surface area (Å²) in [7, 11) is 1.87. The van der Waals surface area contributed by atoms with Crippen LogP contribution in [0.1, 0.15) is 51.3 Å². The predicted molar refractivity (Wildman–Crippen MR) is 127 cm³/mol. The number of fused-ring (bicyclic) bond motifs is 1. The van der Waals surface area contributed by atoms with E-state index in [9.17, 15) is 14.4 Å². The van der Waals surface area contributed by atoms with Gasteiger partial charge in [-0.15, -0.1) is 11.3 Å². The molecule has 0 N–H and O–H groups in total. The molecular formula is C25H29N3O4S. The van der Waals surface area contributed by atoms with E-state index in [-0.39, 0.29) is 29.7 Å². The van der Waals surface area contributed by atoms with Gasteiger partial charge < -0.3 is 14.5 Å². The van der Waals surface area contributed by atoms with Gasteiger partial charge in [-0.05, 0) is 49.3 Å². The minimum Gasteiger partial charge on any atom is -0.376 e. The van der Waals surface area contributed by atoms with Crippen LogP contribution in [0, 0.1) is 5.92 Å². The number of nitrogens with zero attached hydrogens (tertiary/aromatic N) is 3. The molecule has 0 saturated carbocycles. The molecule has 8 heteroatoms. The average Bonchev–Trinajstić information content (AvgIpc) is 3.59. The van der Waals surface area contributed by atoms with Gasteiger partial charge >= 0.3 is 0 Å². The summed E-state index contributed by atoms with van der Waals surface area (Å²) in [5, 5.41) is 2.03. The maximum atomic E-state index is 13.2. The van der Waals surface area contributed by atoms with Crippen LogP contribution in [0.25, 0.3) is 0 Å². The fourth-order valence-electron chi connectivity index (χ4n) is 5.13. The molecule has 1 unspecified atom stereocenters. The average molecular weight is 468 g/mol. The Morgan fingerprint density at radius 3 is 2.64 bits per heavy atom. The number of ether oxygens (including phenoxy) is 1. The number of carbonyl (C=O) groups excluding carboxylic acids is 3.